The lowest BCUT2D eigenvalue weighted by atomic mass is 10.1. The minimum absolute atomic E-state index is 0.116. The van der Waals surface area contributed by atoms with Crippen LogP contribution in [0, 0.1) is 0 Å². The molecule has 2 amide bonds. The molecule has 0 unspecified atom stereocenters. The highest BCUT2D eigenvalue weighted by molar-refractivity contribution is 7.20. The summed E-state index contributed by atoms with van der Waals surface area (Å²) in [5.74, 6) is -0.343. The molecular weight excluding hydrogens is 298 g/mol. The zero-order valence-electron chi connectivity index (χ0n) is 12.4. The second-order valence-electron chi connectivity index (χ2n) is 4.67. The van der Waals surface area contributed by atoms with Crippen LogP contribution >= 0.6 is 11.3 Å². The van der Waals surface area contributed by atoms with E-state index in [0.29, 0.717) is 30.1 Å². The summed E-state index contributed by atoms with van der Waals surface area (Å²) < 4.78 is 0. The number of hydrogen-bond donors (Lipinski definition) is 3. The van der Waals surface area contributed by atoms with Crippen molar-refractivity contribution in [3.8, 4) is 10.4 Å². The lowest BCUT2D eigenvalue weighted by Gasteiger charge is -2.05. The number of hydrogen-bond acceptors (Lipinski definition) is 4. The van der Waals surface area contributed by atoms with Gasteiger partial charge in [0, 0.05) is 24.4 Å². The maximum absolute atomic E-state index is 12.2. The third kappa shape index (κ3) is 3.93. The maximum atomic E-state index is 12.2. The van der Waals surface area contributed by atoms with Gasteiger partial charge >= 0.3 is 0 Å². The first kappa shape index (κ1) is 16.2. The van der Waals surface area contributed by atoms with E-state index in [-0.39, 0.29) is 11.8 Å². The van der Waals surface area contributed by atoms with Crippen molar-refractivity contribution in [3.63, 3.8) is 0 Å². The highest BCUT2D eigenvalue weighted by atomic mass is 32.1. The van der Waals surface area contributed by atoms with Crippen LogP contribution in [0.1, 0.15) is 23.7 Å². The molecule has 0 saturated heterocycles. The molecule has 6 heteroatoms. The van der Waals surface area contributed by atoms with Gasteiger partial charge in [-0.1, -0.05) is 37.3 Å². The van der Waals surface area contributed by atoms with Crippen molar-refractivity contribution in [1.82, 2.24) is 5.32 Å². The lowest BCUT2D eigenvalue weighted by molar-refractivity contribution is -0.115. The van der Waals surface area contributed by atoms with Crippen LogP contribution in [0.5, 0.6) is 0 Å². The molecule has 0 saturated carbocycles. The largest absolute Gasteiger partial charge is 0.351 e. The molecule has 0 aliphatic rings. The molecule has 1 aromatic heterocycles. The van der Waals surface area contributed by atoms with Gasteiger partial charge in [-0.05, 0) is 11.6 Å². The van der Waals surface area contributed by atoms with Crippen molar-refractivity contribution in [2.24, 2.45) is 5.73 Å². The Kier molecular flexibility index (Phi) is 5.68. The highest BCUT2D eigenvalue weighted by Gasteiger charge is 2.18. The Labute approximate surface area is 133 Å². The molecule has 0 atom stereocenters. The van der Waals surface area contributed by atoms with Gasteiger partial charge in [-0.15, -0.1) is 11.3 Å². The fourth-order valence-corrected chi connectivity index (χ4v) is 2.97. The number of amides is 2. The van der Waals surface area contributed by atoms with E-state index in [1.807, 2.05) is 30.3 Å². The van der Waals surface area contributed by atoms with Gasteiger partial charge in [0.15, 0.2) is 0 Å². The van der Waals surface area contributed by atoms with E-state index >= 15 is 0 Å². The molecule has 2 aromatic rings. The monoisotopic (exact) mass is 317 g/mol. The molecule has 0 spiro atoms. The highest BCUT2D eigenvalue weighted by Crippen LogP contribution is 2.35. The fraction of sp³-hybridized carbons (Fsp3) is 0.250. The minimum atomic E-state index is -0.227. The summed E-state index contributed by atoms with van der Waals surface area (Å²) in [6, 6.07) is 11.6. The molecule has 0 aliphatic heterocycles. The average molecular weight is 317 g/mol. The van der Waals surface area contributed by atoms with Gasteiger partial charge in [-0.25, -0.2) is 0 Å². The number of nitrogens with two attached hydrogens (primary N) is 1. The number of nitrogens with one attached hydrogen (secondary N) is 2. The standard InChI is InChI=1S/C16H19N3O2S/c1-2-14(20)19-16-12(15(21)18-9-8-17)10-13(22-16)11-6-4-3-5-7-11/h3-7,10H,2,8-9,17H2,1H3,(H,18,21)(H,19,20). The van der Waals surface area contributed by atoms with Gasteiger partial charge in [0.25, 0.3) is 5.91 Å². The van der Waals surface area contributed by atoms with E-state index < -0.39 is 0 Å². The number of carbonyl (C=O) groups is 2. The summed E-state index contributed by atoms with van der Waals surface area (Å²) in [6.07, 6.45) is 0.364. The van der Waals surface area contributed by atoms with E-state index in [2.05, 4.69) is 10.6 Å². The van der Waals surface area contributed by atoms with Gasteiger partial charge in [-0.2, -0.15) is 0 Å². The summed E-state index contributed by atoms with van der Waals surface area (Å²) in [7, 11) is 0. The SMILES string of the molecule is CCC(=O)Nc1sc(-c2ccccc2)cc1C(=O)NCCN. The first-order chi connectivity index (χ1) is 10.7. The number of rotatable bonds is 6. The maximum Gasteiger partial charge on any atom is 0.254 e. The lowest BCUT2D eigenvalue weighted by Crippen LogP contribution is -2.29. The predicted octanol–water partition coefficient (Wildman–Crippen LogP) is 2.45. The topological polar surface area (TPSA) is 84.2 Å². The van der Waals surface area contributed by atoms with Crippen molar-refractivity contribution >= 4 is 28.2 Å². The first-order valence-electron chi connectivity index (χ1n) is 7.13. The summed E-state index contributed by atoms with van der Waals surface area (Å²) in [6.45, 7) is 2.55. The van der Waals surface area contributed by atoms with E-state index in [0.717, 1.165) is 10.4 Å². The normalized spacial score (nSPS) is 10.3. The Hall–Kier alpha value is -2.18. The van der Waals surface area contributed by atoms with Gasteiger partial charge in [0.2, 0.25) is 5.91 Å². The van der Waals surface area contributed by atoms with Crippen LogP contribution in [0.4, 0.5) is 5.00 Å². The Morgan fingerprint density at radius 2 is 1.95 bits per heavy atom. The van der Waals surface area contributed by atoms with Crippen LogP contribution in [0.15, 0.2) is 36.4 Å². The van der Waals surface area contributed by atoms with Crippen LogP contribution < -0.4 is 16.4 Å². The number of thiophene rings is 1. The zero-order chi connectivity index (χ0) is 15.9. The van der Waals surface area contributed by atoms with Crippen LogP contribution in [0.2, 0.25) is 0 Å². The van der Waals surface area contributed by atoms with Crippen molar-refractivity contribution < 1.29 is 9.59 Å². The fourth-order valence-electron chi connectivity index (χ4n) is 1.89. The molecule has 5 nitrogen and oxygen atoms in total. The van der Waals surface area contributed by atoms with Crippen LogP contribution in [0.3, 0.4) is 0 Å². The minimum Gasteiger partial charge on any atom is -0.351 e. The number of carbonyl (C=O) groups excluding carboxylic acids is 2. The van der Waals surface area contributed by atoms with Gasteiger partial charge in [0.1, 0.15) is 5.00 Å². The van der Waals surface area contributed by atoms with E-state index in [9.17, 15) is 9.59 Å². The third-order valence-corrected chi connectivity index (χ3v) is 4.14. The van der Waals surface area contributed by atoms with Crippen LogP contribution in [-0.4, -0.2) is 24.9 Å². The molecule has 0 radical (unpaired) electrons. The van der Waals surface area contributed by atoms with Crippen molar-refractivity contribution in [2.45, 2.75) is 13.3 Å². The van der Waals surface area contributed by atoms with Gasteiger partial charge in [0.05, 0.1) is 5.56 Å². The number of benzene rings is 1. The van der Waals surface area contributed by atoms with E-state index in [1.165, 1.54) is 11.3 Å². The summed E-state index contributed by atoms with van der Waals surface area (Å²) in [4.78, 5) is 24.8. The molecule has 1 heterocycles. The van der Waals surface area contributed by atoms with Gasteiger partial charge < -0.3 is 16.4 Å². The Bertz CT molecular complexity index is 653. The van der Waals surface area contributed by atoms with E-state index in [1.54, 1.807) is 13.0 Å². The van der Waals surface area contributed by atoms with E-state index in [4.69, 9.17) is 5.73 Å². The molecule has 22 heavy (non-hydrogen) atoms. The summed E-state index contributed by atoms with van der Waals surface area (Å²) in [5, 5.41) is 6.10. The first-order valence-corrected chi connectivity index (χ1v) is 7.94. The van der Waals surface area contributed by atoms with Crippen molar-refractivity contribution in [3.05, 3.63) is 42.0 Å². The summed E-state index contributed by atoms with van der Waals surface area (Å²) in [5.41, 5.74) is 6.89. The smallest absolute Gasteiger partial charge is 0.254 e. The molecular formula is C16H19N3O2S. The van der Waals surface area contributed by atoms with Crippen LogP contribution in [0.25, 0.3) is 10.4 Å². The Balaban J connectivity index is 2.34. The third-order valence-electron chi connectivity index (χ3n) is 3.04. The predicted molar refractivity (Wildman–Crippen MR) is 90.1 cm³/mol. The second-order valence-corrected chi connectivity index (χ2v) is 5.72. The molecule has 1 aromatic carbocycles. The zero-order valence-corrected chi connectivity index (χ0v) is 13.2. The quantitative estimate of drug-likeness (QED) is 0.765. The summed E-state index contributed by atoms with van der Waals surface area (Å²) >= 11 is 1.39. The van der Waals surface area contributed by atoms with Gasteiger partial charge in [-0.3, -0.25) is 9.59 Å². The molecule has 2 rings (SSSR count). The van der Waals surface area contributed by atoms with Crippen LogP contribution in [-0.2, 0) is 4.79 Å². The Morgan fingerprint density at radius 3 is 2.59 bits per heavy atom. The average Bonchev–Trinajstić information content (AvgIpc) is 2.97. The molecule has 0 aliphatic carbocycles. The molecule has 116 valence electrons. The molecule has 0 bridgehead atoms. The number of anilines is 1. The molecule has 0 fully saturated rings. The Morgan fingerprint density at radius 1 is 1.23 bits per heavy atom. The second kappa shape index (κ2) is 7.72. The van der Waals surface area contributed by atoms with Crippen molar-refractivity contribution in [2.75, 3.05) is 18.4 Å². The molecule has 4 N–H and O–H groups in total. The van der Waals surface area contributed by atoms with Crippen molar-refractivity contribution in [1.29, 1.82) is 0 Å².